The van der Waals surface area contributed by atoms with Crippen LogP contribution in [0, 0.1) is 0 Å². The van der Waals surface area contributed by atoms with Gasteiger partial charge in [-0.2, -0.15) is 0 Å². The number of rotatable bonds is 2. The molecule has 2 rings (SSSR count). The van der Waals surface area contributed by atoms with Gasteiger partial charge in [0.2, 0.25) is 0 Å². The molecule has 0 spiro atoms. The molecule has 2 N–H and O–H groups in total. The van der Waals surface area contributed by atoms with Crippen LogP contribution in [-0.2, 0) is 6.54 Å². The molecule has 0 atom stereocenters. The first-order chi connectivity index (χ1) is 9.49. The van der Waals surface area contributed by atoms with Crippen molar-refractivity contribution in [2.75, 3.05) is 7.05 Å². The fourth-order valence-corrected chi connectivity index (χ4v) is 2.02. The van der Waals surface area contributed by atoms with Gasteiger partial charge in [-0.15, -0.1) is 0 Å². The van der Waals surface area contributed by atoms with E-state index in [9.17, 15) is 0 Å². The van der Waals surface area contributed by atoms with Crippen LogP contribution < -0.4 is 10.6 Å². The standard InChI is InChI=1S/C16H22N4/c1-16(2,3)20-15(17-4)19-11-14-13-8-6-5-7-12(13)9-10-18-14/h5-10H,11H2,1-4H3,(H2,17,19,20). The molecular weight excluding hydrogens is 248 g/mol. The van der Waals surface area contributed by atoms with Crippen LogP contribution in [0.5, 0.6) is 0 Å². The van der Waals surface area contributed by atoms with Gasteiger partial charge < -0.3 is 10.6 Å². The van der Waals surface area contributed by atoms with E-state index >= 15 is 0 Å². The summed E-state index contributed by atoms with van der Waals surface area (Å²) < 4.78 is 0. The van der Waals surface area contributed by atoms with Gasteiger partial charge in [0, 0.05) is 24.2 Å². The molecule has 106 valence electrons. The maximum Gasteiger partial charge on any atom is 0.191 e. The van der Waals surface area contributed by atoms with Gasteiger partial charge in [0.25, 0.3) is 0 Å². The fourth-order valence-electron chi connectivity index (χ4n) is 2.02. The fraction of sp³-hybridized carbons (Fsp3) is 0.375. The number of nitrogens with one attached hydrogen (secondary N) is 2. The van der Waals surface area contributed by atoms with Crippen LogP contribution in [0.4, 0.5) is 0 Å². The molecule has 0 amide bonds. The molecule has 0 fully saturated rings. The van der Waals surface area contributed by atoms with E-state index in [2.05, 4.69) is 53.5 Å². The highest BCUT2D eigenvalue weighted by atomic mass is 15.2. The molecule has 0 saturated carbocycles. The largest absolute Gasteiger partial charge is 0.352 e. The zero-order valence-corrected chi connectivity index (χ0v) is 12.6. The van der Waals surface area contributed by atoms with Gasteiger partial charge in [0.05, 0.1) is 12.2 Å². The van der Waals surface area contributed by atoms with E-state index < -0.39 is 0 Å². The molecule has 1 aromatic heterocycles. The average Bonchev–Trinajstić information content (AvgIpc) is 2.42. The molecule has 4 nitrogen and oxygen atoms in total. The summed E-state index contributed by atoms with van der Waals surface area (Å²) in [6.07, 6.45) is 1.85. The van der Waals surface area contributed by atoms with Crippen molar-refractivity contribution >= 4 is 16.7 Å². The van der Waals surface area contributed by atoms with Gasteiger partial charge in [-0.1, -0.05) is 24.3 Å². The molecule has 1 aromatic carbocycles. The molecule has 0 aliphatic heterocycles. The molecule has 1 heterocycles. The van der Waals surface area contributed by atoms with Crippen LogP contribution >= 0.6 is 0 Å². The Kier molecular flexibility index (Phi) is 4.23. The second-order valence-corrected chi connectivity index (χ2v) is 5.78. The zero-order chi connectivity index (χ0) is 14.6. The highest BCUT2D eigenvalue weighted by molar-refractivity contribution is 5.85. The second-order valence-electron chi connectivity index (χ2n) is 5.78. The Balaban J connectivity index is 2.13. The van der Waals surface area contributed by atoms with E-state index in [1.54, 1.807) is 7.05 Å². The molecule has 0 aliphatic rings. The van der Waals surface area contributed by atoms with Gasteiger partial charge in [0.15, 0.2) is 5.96 Å². The van der Waals surface area contributed by atoms with E-state index in [-0.39, 0.29) is 5.54 Å². The summed E-state index contributed by atoms with van der Waals surface area (Å²) in [5, 5.41) is 9.03. The molecule has 0 unspecified atom stereocenters. The van der Waals surface area contributed by atoms with Gasteiger partial charge in [-0.3, -0.25) is 9.98 Å². The average molecular weight is 270 g/mol. The van der Waals surface area contributed by atoms with Crippen molar-refractivity contribution in [3.05, 3.63) is 42.2 Å². The lowest BCUT2D eigenvalue weighted by molar-refractivity contribution is 0.501. The van der Waals surface area contributed by atoms with Crippen LogP contribution in [0.2, 0.25) is 0 Å². The first-order valence-electron chi connectivity index (χ1n) is 6.81. The van der Waals surface area contributed by atoms with E-state index in [1.807, 2.05) is 24.4 Å². The van der Waals surface area contributed by atoms with E-state index in [0.29, 0.717) is 6.54 Å². The Bertz CT molecular complexity index is 606. The molecule has 4 heteroatoms. The maximum absolute atomic E-state index is 4.46. The molecular formula is C16H22N4. The normalized spacial score (nSPS) is 12.5. The Morgan fingerprint density at radius 3 is 2.65 bits per heavy atom. The Morgan fingerprint density at radius 1 is 1.20 bits per heavy atom. The minimum absolute atomic E-state index is 0.0198. The highest BCUT2D eigenvalue weighted by Gasteiger charge is 2.12. The topological polar surface area (TPSA) is 49.3 Å². The minimum Gasteiger partial charge on any atom is -0.352 e. The summed E-state index contributed by atoms with van der Waals surface area (Å²) in [5.74, 6) is 0.784. The third kappa shape index (κ3) is 3.70. The Labute approximate surface area is 120 Å². The van der Waals surface area contributed by atoms with E-state index in [4.69, 9.17) is 0 Å². The van der Waals surface area contributed by atoms with Crippen molar-refractivity contribution in [3.8, 4) is 0 Å². The van der Waals surface area contributed by atoms with Gasteiger partial charge in [-0.05, 0) is 32.2 Å². The van der Waals surface area contributed by atoms with Crippen molar-refractivity contribution < 1.29 is 0 Å². The number of hydrogen-bond acceptors (Lipinski definition) is 2. The second kappa shape index (κ2) is 5.90. The van der Waals surface area contributed by atoms with Crippen LogP contribution in [-0.4, -0.2) is 23.5 Å². The smallest absolute Gasteiger partial charge is 0.191 e. The van der Waals surface area contributed by atoms with Crippen LogP contribution in [0.25, 0.3) is 10.8 Å². The van der Waals surface area contributed by atoms with Crippen LogP contribution in [0.3, 0.4) is 0 Å². The number of aromatic nitrogens is 1. The summed E-state index contributed by atoms with van der Waals surface area (Å²) in [6.45, 7) is 6.97. The number of benzene rings is 1. The summed E-state index contributed by atoms with van der Waals surface area (Å²) >= 11 is 0. The predicted octanol–water partition coefficient (Wildman–Crippen LogP) is 2.70. The summed E-state index contributed by atoms with van der Waals surface area (Å²) in [4.78, 5) is 8.70. The number of guanidine groups is 1. The molecule has 20 heavy (non-hydrogen) atoms. The van der Waals surface area contributed by atoms with Crippen molar-refractivity contribution in [2.24, 2.45) is 4.99 Å². The first-order valence-corrected chi connectivity index (χ1v) is 6.81. The molecule has 0 bridgehead atoms. The van der Waals surface area contributed by atoms with Gasteiger partial charge in [0.1, 0.15) is 0 Å². The summed E-state index contributed by atoms with van der Waals surface area (Å²) in [7, 11) is 1.78. The Hall–Kier alpha value is -2.10. The van der Waals surface area contributed by atoms with Gasteiger partial charge >= 0.3 is 0 Å². The Morgan fingerprint density at radius 2 is 1.95 bits per heavy atom. The van der Waals surface area contributed by atoms with E-state index in [0.717, 1.165) is 11.7 Å². The molecule has 0 aliphatic carbocycles. The lowest BCUT2D eigenvalue weighted by Gasteiger charge is -2.23. The predicted molar refractivity (Wildman–Crippen MR) is 84.8 cm³/mol. The zero-order valence-electron chi connectivity index (χ0n) is 12.6. The van der Waals surface area contributed by atoms with Gasteiger partial charge in [-0.25, -0.2) is 0 Å². The highest BCUT2D eigenvalue weighted by Crippen LogP contribution is 2.15. The summed E-state index contributed by atoms with van der Waals surface area (Å²) in [6, 6.07) is 10.3. The quantitative estimate of drug-likeness (QED) is 0.651. The number of aliphatic imine (C=N–C) groups is 1. The monoisotopic (exact) mass is 270 g/mol. The van der Waals surface area contributed by atoms with Crippen molar-refractivity contribution in [2.45, 2.75) is 32.9 Å². The lowest BCUT2D eigenvalue weighted by Crippen LogP contribution is -2.47. The number of nitrogens with zero attached hydrogens (tertiary/aromatic N) is 2. The molecule has 0 saturated heterocycles. The maximum atomic E-state index is 4.46. The van der Waals surface area contributed by atoms with E-state index in [1.165, 1.54) is 10.8 Å². The molecule has 2 aromatic rings. The first kappa shape index (κ1) is 14.3. The SMILES string of the molecule is CN=C(NCc1nccc2ccccc12)NC(C)(C)C. The number of pyridine rings is 1. The molecule has 0 radical (unpaired) electrons. The van der Waals surface area contributed by atoms with Crippen molar-refractivity contribution in [1.29, 1.82) is 0 Å². The number of fused-ring (bicyclic) bond motifs is 1. The van der Waals surface area contributed by atoms with Crippen molar-refractivity contribution in [1.82, 2.24) is 15.6 Å². The van der Waals surface area contributed by atoms with Crippen molar-refractivity contribution in [3.63, 3.8) is 0 Å². The lowest BCUT2D eigenvalue weighted by atomic mass is 10.1. The minimum atomic E-state index is -0.0198. The van der Waals surface area contributed by atoms with Crippen LogP contribution in [0.15, 0.2) is 41.5 Å². The third-order valence-corrected chi connectivity index (χ3v) is 2.90. The van der Waals surface area contributed by atoms with Crippen LogP contribution in [0.1, 0.15) is 26.5 Å². The third-order valence-electron chi connectivity index (χ3n) is 2.90. The number of hydrogen-bond donors (Lipinski definition) is 2. The summed E-state index contributed by atoms with van der Waals surface area (Å²) in [5.41, 5.74) is 1.01.